The maximum absolute atomic E-state index is 12.6. The molecule has 0 bridgehead atoms. The third-order valence-corrected chi connectivity index (χ3v) is 4.62. The number of amides is 1. The van der Waals surface area contributed by atoms with Crippen molar-refractivity contribution in [3.8, 4) is 11.5 Å². The lowest BCUT2D eigenvalue weighted by Gasteiger charge is -2.15. The van der Waals surface area contributed by atoms with Crippen LogP contribution in [0.15, 0.2) is 48.7 Å². The molecule has 3 rings (SSSR count). The van der Waals surface area contributed by atoms with Crippen LogP contribution in [-0.2, 0) is 4.79 Å². The van der Waals surface area contributed by atoms with Gasteiger partial charge < -0.3 is 14.8 Å². The van der Waals surface area contributed by atoms with Gasteiger partial charge in [-0.2, -0.15) is 0 Å². The third-order valence-electron chi connectivity index (χ3n) is 4.62. The molecule has 1 amide bonds. The number of nitrogens with zero attached hydrogens (tertiary/aromatic N) is 1. The van der Waals surface area contributed by atoms with Crippen molar-refractivity contribution in [2.45, 2.75) is 40.0 Å². The Morgan fingerprint density at radius 3 is 2.69 bits per heavy atom. The van der Waals surface area contributed by atoms with E-state index in [9.17, 15) is 4.79 Å². The zero-order valence-electron chi connectivity index (χ0n) is 17.5. The van der Waals surface area contributed by atoms with Gasteiger partial charge in [-0.3, -0.25) is 9.78 Å². The summed E-state index contributed by atoms with van der Waals surface area (Å²) in [4.78, 5) is 17.0. The van der Waals surface area contributed by atoms with Gasteiger partial charge in [0.05, 0.1) is 12.3 Å². The van der Waals surface area contributed by atoms with Crippen LogP contribution in [-0.4, -0.2) is 24.1 Å². The lowest BCUT2D eigenvalue weighted by atomic mass is 10.0. The van der Waals surface area contributed by atoms with Crippen molar-refractivity contribution in [1.29, 1.82) is 0 Å². The van der Waals surface area contributed by atoms with E-state index in [1.54, 1.807) is 6.20 Å². The van der Waals surface area contributed by atoms with E-state index in [4.69, 9.17) is 9.47 Å². The average Bonchev–Trinajstić information content (AvgIpc) is 2.71. The van der Waals surface area contributed by atoms with Crippen LogP contribution >= 0.6 is 0 Å². The fraction of sp³-hybridized carbons (Fsp3) is 0.333. The topological polar surface area (TPSA) is 60.5 Å². The number of ether oxygens (including phenoxy) is 2. The van der Waals surface area contributed by atoms with Gasteiger partial charge in [0.15, 0.2) is 6.61 Å². The van der Waals surface area contributed by atoms with Gasteiger partial charge in [0, 0.05) is 11.6 Å². The fourth-order valence-electron chi connectivity index (χ4n) is 3.16. The number of aromatic nitrogens is 1. The summed E-state index contributed by atoms with van der Waals surface area (Å²) in [6.07, 6.45) is 2.64. The minimum atomic E-state index is -0.214. The Labute approximate surface area is 172 Å². The molecule has 0 radical (unpaired) electrons. The molecule has 0 saturated carbocycles. The molecule has 3 aromatic rings. The summed E-state index contributed by atoms with van der Waals surface area (Å²) in [6, 6.07) is 13.6. The van der Waals surface area contributed by atoms with E-state index < -0.39 is 0 Å². The number of nitrogens with one attached hydrogen (secondary N) is 1. The van der Waals surface area contributed by atoms with Crippen molar-refractivity contribution in [2.24, 2.45) is 0 Å². The first-order valence-corrected chi connectivity index (χ1v) is 10.0. The fourth-order valence-corrected chi connectivity index (χ4v) is 3.16. The maximum Gasteiger partial charge on any atom is 0.262 e. The first kappa shape index (κ1) is 20.6. The smallest absolute Gasteiger partial charge is 0.262 e. The largest absolute Gasteiger partial charge is 0.491 e. The number of hydrogen-bond donors (Lipinski definition) is 1. The number of aryl methyl sites for hydroxylation is 1. The Morgan fingerprint density at radius 1 is 1.10 bits per heavy atom. The van der Waals surface area contributed by atoms with E-state index in [1.165, 1.54) is 0 Å². The van der Waals surface area contributed by atoms with Gasteiger partial charge in [0.1, 0.15) is 17.0 Å². The minimum Gasteiger partial charge on any atom is -0.491 e. The van der Waals surface area contributed by atoms with Gasteiger partial charge in [-0.1, -0.05) is 32.9 Å². The molecule has 2 aromatic carbocycles. The van der Waals surface area contributed by atoms with Gasteiger partial charge in [-0.25, -0.2) is 0 Å². The van der Waals surface area contributed by atoms with Crippen molar-refractivity contribution in [1.82, 2.24) is 4.98 Å². The zero-order valence-corrected chi connectivity index (χ0v) is 17.5. The standard InChI is InChI=1S/C24H28N2O3/c1-5-13-28-21-11-10-20(19-7-6-12-25-24(19)21)26-23(27)15-29-22-14-17(4)8-9-18(22)16(2)3/h6-12,14,16H,5,13,15H2,1-4H3,(H,26,27). The summed E-state index contributed by atoms with van der Waals surface area (Å²) in [5, 5.41) is 3.78. The average molecular weight is 392 g/mol. The van der Waals surface area contributed by atoms with E-state index in [0.29, 0.717) is 18.2 Å². The number of anilines is 1. The first-order chi connectivity index (χ1) is 14.0. The van der Waals surface area contributed by atoms with Crippen LogP contribution in [0.1, 0.15) is 44.2 Å². The van der Waals surface area contributed by atoms with E-state index in [1.807, 2.05) is 37.3 Å². The van der Waals surface area contributed by atoms with Crippen molar-refractivity contribution in [2.75, 3.05) is 18.5 Å². The monoisotopic (exact) mass is 392 g/mol. The summed E-state index contributed by atoms with van der Waals surface area (Å²) in [7, 11) is 0. The van der Waals surface area contributed by atoms with Crippen LogP contribution in [0.4, 0.5) is 5.69 Å². The number of carbonyl (C=O) groups excluding carboxylic acids is 1. The molecule has 0 aliphatic carbocycles. The van der Waals surface area contributed by atoms with Gasteiger partial charge in [-0.05, 0) is 60.7 Å². The van der Waals surface area contributed by atoms with Crippen LogP contribution in [0.3, 0.4) is 0 Å². The second kappa shape index (κ2) is 9.41. The van der Waals surface area contributed by atoms with Gasteiger partial charge >= 0.3 is 0 Å². The van der Waals surface area contributed by atoms with E-state index in [-0.39, 0.29) is 12.5 Å². The molecule has 5 nitrogen and oxygen atoms in total. The molecule has 1 N–H and O–H groups in total. The summed E-state index contributed by atoms with van der Waals surface area (Å²) in [5.74, 6) is 1.58. The zero-order chi connectivity index (χ0) is 20.8. The Morgan fingerprint density at radius 2 is 1.93 bits per heavy atom. The maximum atomic E-state index is 12.6. The van der Waals surface area contributed by atoms with Crippen LogP contribution in [0, 0.1) is 6.92 Å². The van der Waals surface area contributed by atoms with Crippen molar-refractivity contribution >= 4 is 22.5 Å². The van der Waals surface area contributed by atoms with Crippen molar-refractivity contribution < 1.29 is 14.3 Å². The molecule has 0 unspecified atom stereocenters. The Balaban J connectivity index is 1.75. The van der Waals surface area contributed by atoms with Crippen molar-refractivity contribution in [3.63, 3.8) is 0 Å². The number of benzene rings is 2. The van der Waals surface area contributed by atoms with Gasteiger partial charge in [0.2, 0.25) is 0 Å². The number of pyridine rings is 1. The lowest BCUT2D eigenvalue weighted by Crippen LogP contribution is -2.21. The predicted octanol–water partition coefficient (Wildman–Crippen LogP) is 5.47. The van der Waals surface area contributed by atoms with Crippen LogP contribution < -0.4 is 14.8 Å². The number of hydrogen-bond acceptors (Lipinski definition) is 4. The van der Waals surface area contributed by atoms with Crippen LogP contribution in [0.25, 0.3) is 10.9 Å². The van der Waals surface area contributed by atoms with Crippen molar-refractivity contribution in [3.05, 3.63) is 59.8 Å². The Hall–Kier alpha value is -3.08. The molecule has 29 heavy (non-hydrogen) atoms. The van der Waals surface area contributed by atoms with Crippen LogP contribution in [0.2, 0.25) is 0 Å². The molecule has 0 aliphatic rings. The highest BCUT2D eigenvalue weighted by molar-refractivity contribution is 6.03. The molecule has 1 heterocycles. The third kappa shape index (κ3) is 5.05. The molecule has 0 atom stereocenters. The van der Waals surface area contributed by atoms with Crippen LogP contribution in [0.5, 0.6) is 11.5 Å². The normalized spacial score (nSPS) is 10.9. The Bertz CT molecular complexity index is 999. The lowest BCUT2D eigenvalue weighted by molar-refractivity contribution is -0.118. The molecule has 152 valence electrons. The quantitative estimate of drug-likeness (QED) is 0.552. The predicted molar refractivity (Wildman–Crippen MR) is 117 cm³/mol. The molecule has 0 spiro atoms. The van der Waals surface area contributed by atoms with Gasteiger partial charge in [-0.15, -0.1) is 0 Å². The second-order valence-electron chi connectivity index (χ2n) is 7.39. The highest BCUT2D eigenvalue weighted by Gasteiger charge is 2.13. The van der Waals surface area contributed by atoms with E-state index >= 15 is 0 Å². The highest BCUT2D eigenvalue weighted by atomic mass is 16.5. The molecular formula is C24H28N2O3. The molecule has 1 aromatic heterocycles. The molecule has 0 fully saturated rings. The molecule has 0 aliphatic heterocycles. The van der Waals surface area contributed by atoms with E-state index in [2.05, 4.69) is 43.2 Å². The first-order valence-electron chi connectivity index (χ1n) is 10.0. The SMILES string of the molecule is CCCOc1ccc(NC(=O)COc2cc(C)ccc2C(C)C)c2cccnc12. The number of fused-ring (bicyclic) bond motifs is 1. The highest BCUT2D eigenvalue weighted by Crippen LogP contribution is 2.30. The van der Waals surface area contributed by atoms with E-state index in [0.717, 1.165) is 39.9 Å². The molecule has 0 saturated heterocycles. The second-order valence-corrected chi connectivity index (χ2v) is 7.39. The molecular weight excluding hydrogens is 364 g/mol. The summed E-state index contributed by atoms with van der Waals surface area (Å²) >= 11 is 0. The number of rotatable bonds is 8. The summed E-state index contributed by atoms with van der Waals surface area (Å²) < 4.78 is 11.6. The number of carbonyl (C=O) groups is 1. The van der Waals surface area contributed by atoms with Gasteiger partial charge in [0.25, 0.3) is 5.91 Å². The summed E-state index contributed by atoms with van der Waals surface area (Å²) in [5.41, 5.74) is 3.62. The summed E-state index contributed by atoms with van der Waals surface area (Å²) in [6.45, 7) is 8.86. The minimum absolute atomic E-state index is 0.0565. The molecule has 5 heteroatoms. The Kier molecular flexibility index (Phi) is 6.70.